The summed E-state index contributed by atoms with van der Waals surface area (Å²) in [4.78, 5) is 34.7. The lowest BCUT2D eigenvalue weighted by Crippen LogP contribution is -2.60. The van der Waals surface area contributed by atoms with Crippen molar-refractivity contribution in [1.82, 2.24) is 0 Å². The highest BCUT2D eigenvalue weighted by molar-refractivity contribution is 9.09. The number of rotatable bonds is 8. The lowest BCUT2D eigenvalue weighted by atomic mass is 10.00. The zero-order valence-electron chi connectivity index (χ0n) is 15.3. The van der Waals surface area contributed by atoms with Crippen LogP contribution in [0.2, 0.25) is 0 Å². The minimum atomic E-state index is -0.964. The summed E-state index contributed by atoms with van der Waals surface area (Å²) in [6.07, 6.45) is 0.569. The Hall–Kier alpha value is -1.06. The van der Waals surface area contributed by atoms with E-state index in [9.17, 15) is 14.4 Å². The summed E-state index contributed by atoms with van der Waals surface area (Å²) in [5.74, 6) is -1.65. The third-order valence-corrected chi connectivity index (χ3v) is 5.05. The molecule has 0 aromatic carbocycles. The summed E-state index contributed by atoms with van der Waals surface area (Å²) in [5, 5.41) is 2.22. The van der Waals surface area contributed by atoms with Crippen LogP contribution in [-0.4, -0.2) is 53.1 Å². The number of alkyl halides is 1. The summed E-state index contributed by atoms with van der Waals surface area (Å²) in [7, 11) is 0. The average Bonchev–Trinajstić information content (AvgIpc) is 2.54. The van der Waals surface area contributed by atoms with Gasteiger partial charge in [-0.2, -0.15) is 0 Å². The van der Waals surface area contributed by atoms with Crippen molar-refractivity contribution in [2.75, 3.05) is 5.33 Å². The Kier molecular flexibility index (Phi) is 10.3. The minimum Gasteiger partial charge on any atom is -0.456 e. The largest absolute Gasteiger partial charge is 0.456 e. The van der Waals surface area contributed by atoms with Crippen LogP contribution in [0.5, 0.6) is 0 Å². The molecule has 1 aliphatic rings. The predicted octanol–water partition coefficient (Wildman–Crippen LogP) is 2.95. The maximum atomic E-state index is 11.6. The van der Waals surface area contributed by atoms with E-state index in [1.165, 1.54) is 32.5 Å². The third-order valence-electron chi connectivity index (χ3n) is 3.41. The third kappa shape index (κ3) is 7.28. The molecular weight excluding hydrogens is 428 g/mol. The number of hydrogen-bond donors (Lipinski definition) is 0. The first kappa shape index (κ1) is 23.0. The molecule has 0 unspecified atom stereocenters. The number of unbranched alkanes of at least 4 members (excludes halogenated alkanes) is 1. The van der Waals surface area contributed by atoms with Crippen LogP contribution in [0.15, 0.2) is 11.5 Å². The molecule has 0 aliphatic carbocycles. The monoisotopic (exact) mass is 452 g/mol. The van der Waals surface area contributed by atoms with Gasteiger partial charge in [-0.1, -0.05) is 47.1 Å². The Labute approximate surface area is 166 Å². The Bertz CT molecular complexity index is 525. The van der Waals surface area contributed by atoms with Gasteiger partial charge in [0.1, 0.15) is 11.5 Å². The molecule has 0 spiro atoms. The molecule has 5 atom stereocenters. The number of hydrogen-bond acceptors (Lipinski definition) is 8. The molecule has 0 amide bonds. The van der Waals surface area contributed by atoms with E-state index in [4.69, 9.17) is 18.9 Å². The van der Waals surface area contributed by atoms with Crippen LogP contribution >= 0.6 is 27.7 Å². The number of carbonyl (C=O) groups excluding carboxylic acids is 3. The zero-order valence-corrected chi connectivity index (χ0v) is 17.7. The number of allylic oxidation sites excluding steroid dienone is 1. The van der Waals surface area contributed by atoms with Gasteiger partial charge in [0.15, 0.2) is 18.3 Å². The van der Waals surface area contributed by atoms with Gasteiger partial charge in [0.05, 0.1) is 0 Å². The van der Waals surface area contributed by atoms with Crippen molar-refractivity contribution in [3.8, 4) is 0 Å². The number of esters is 3. The fourth-order valence-electron chi connectivity index (χ4n) is 2.46. The molecule has 0 N–H and O–H groups in total. The number of ether oxygens (including phenoxy) is 4. The maximum absolute atomic E-state index is 11.6. The van der Waals surface area contributed by atoms with Crippen LogP contribution in [0.25, 0.3) is 0 Å². The molecule has 1 saturated heterocycles. The SMILES string of the molecule is CCCC=CS[C@@H]1O[C@H](CBr)[C@@H](OC(C)=O)[C@H](OC(C)=O)[C@H]1OC(C)=O. The molecule has 0 radical (unpaired) electrons. The van der Waals surface area contributed by atoms with E-state index in [1.807, 2.05) is 11.5 Å². The van der Waals surface area contributed by atoms with Crippen LogP contribution in [0, 0.1) is 0 Å². The van der Waals surface area contributed by atoms with E-state index >= 15 is 0 Å². The number of carbonyl (C=O) groups is 3. The maximum Gasteiger partial charge on any atom is 0.303 e. The van der Waals surface area contributed by atoms with Crippen molar-refractivity contribution in [2.24, 2.45) is 0 Å². The number of halogens is 1. The Morgan fingerprint density at radius 3 is 2.04 bits per heavy atom. The molecule has 0 saturated carbocycles. The van der Waals surface area contributed by atoms with Crippen molar-refractivity contribution in [3.63, 3.8) is 0 Å². The summed E-state index contributed by atoms with van der Waals surface area (Å²) in [6.45, 7) is 5.83. The molecule has 1 rings (SSSR count). The summed E-state index contributed by atoms with van der Waals surface area (Å²) in [5.41, 5.74) is -0.606. The molecule has 1 aliphatic heterocycles. The average molecular weight is 453 g/mol. The van der Waals surface area contributed by atoms with Crippen LogP contribution in [-0.2, 0) is 33.3 Å². The molecule has 7 nitrogen and oxygen atoms in total. The van der Waals surface area contributed by atoms with E-state index in [-0.39, 0.29) is 0 Å². The second-order valence-electron chi connectivity index (χ2n) is 5.72. The van der Waals surface area contributed by atoms with Crippen molar-refractivity contribution >= 4 is 45.6 Å². The summed E-state index contributed by atoms with van der Waals surface area (Å²) in [6, 6.07) is 0. The normalized spacial score (nSPS) is 28.6. The van der Waals surface area contributed by atoms with Gasteiger partial charge in [-0.3, -0.25) is 14.4 Å². The van der Waals surface area contributed by atoms with Crippen LogP contribution < -0.4 is 0 Å². The highest BCUT2D eigenvalue weighted by Crippen LogP contribution is 2.35. The summed E-state index contributed by atoms with van der Waals surface area (Å²) >= 11 is 4.66. The molecular formula is C17H25BrO7S. The molecule has 148 valence electrons. The van der Waals surface area contributed by atoms with Crippen molar-refractivity contribution in [3.05, 3.63) is 11.5 Å². The molecule has 0 aromatic heterocycles. The summed E-state index contributed by atoms with van der Waals surface area (Å²) < 4.78 is 22.0. The Morgan fingerprint density at radius 1 is 1.00 bits per heavy atom. The quantitative estimate of drug-likeness (QED) is 0.315. The van der Waals surface area contributed by atoms with Gasteiger partial charge in [0, 0.05) is 26.1 Å². The fourth-order valence-corrected chi connectivity index (χ4v) is 3.95. The van der Waals surface area contributed by atoms with Gasteiger partial charge in [0.2, 0.25) is 0 Å². The topological polar surface area (TPSA) is 88.1 Å². The predicted molar refractivity (Wildman–Crippen MR) is 101 cm³/mol. The fraction of sp³-hybridized carbons (Fsp3) is 0.706. The van der Waals surface area contributed by atoms with Crippen molar-refractivity contribution < 1.29 is 33.3 Å². The van der Waals surface area contributed by atoms with E-state index in [2.05, 4.69) is 22.9 Å². The van der Waals surface area contributed by atoms with Gasteiger partial charge in [-0.05, 0) is 11.8 Å². The smallest absolute Gasteiger partial charge is 0.303 e. The molecule has 1 fully saturated rings. The first-order chi connectivity index (χ1) is 12.3. The molecule has 26 heavy (non-hydrogen) atoms. The van der Waals surface area contributed by atoms with Crippen LogP contribution in [0.4, 0.5) is 0 Å². The molecule has 0 bridgehead atoms. The lowest BCUT2D eigenvalue weighted by molar-refractivity contribution is -0.227. The van der Waals surface area contributed by atoms with E-state index in [1.54, 1.807) is 0 Å². The van der Waals surface area contributed by atoms with Crippen LogP contribution in [0.1, 0.15) is 40.5 Å². The van der Waals surface area contributed by atoms with Crippen LogP contribution in [0.3, 0.4) is 0 Å². The van der Waals surface area contributed by atoms with E-state index in [0.717, 1.165) is 12.8 Å². The first-order valence-electron chi connectivity index (χ1n) is 8.33. The first-order valence-corrected chi connectivity index (χ1v) is 10.4. The van der Waals surface area contributed by atoms with Gasteiger partial charge >= 0.3 is 17.9 Å². The molecule has 0 aromatic rings. The van der Waals surface area contributed by atoms with Gasteiger partial charge in [0.25, 0.3) is 0 Å². The highest BCUT2D eigenvalue weighted by atomic mass is 79.9. The lowest BCUT2D eigenvalue weighted by Gasteiger charge is -2.43. The number of thioether (sulfide) groups is 1. The molecule has 1 heterocycles. The van der Waals surface area contributed by atoms with Gasteiger partial charge in [-0.15, -0.1) is 0 Å². The Balaban J connectivity index is 3.14. The second kappa shape index (κ2) is 11.6. The van der Waals surface area contributed by atoms with Gasteiger partial charge < -0.3 is 18.9 Å². The van der Waals surface area contributed by atoms with Crippen molar-refractivity contribution in [2.45, 2.75) is 70.4 Å². The Morgan fingerprint density at radius 2 is 1.54 bits per heavy atom. The highest BCUT2D eigenvalue weighted by Gasteiger charge is 2.51. The van der Waals surface area contributed by atoms with E-state index in [0.29, 0.717) is 5.33 Å². The molecule has 9 heteroatoms. The zero-order chi connectivity index (χ0) is 19.7. The van der Waals surface area contributed by atoms with Gasteiger partial charge in [-0.25, -0.2) is 0 Å². The minimum absolute atomic E-state index is 0.352. The standard InChI is InChI=1S/C17H25BrO7S/c1-5-6-7-8-26-17-16(24-12(4)21)15(23-11(3)20)14(22-10(2)19)13(9-18)25-17/h7-8,13-17H,5-6,9H2,1-4H3/t13-,14-,15+,16-,17+/m1/s1. The van der Waals surface area contributed by atoms with E-state index < -0.39 is 47.8 Å². The second-order valence-corrected chi connectivity index (χ2v) is 7.37. The van der Waals surface area contributed by atoms with Crippen molar-refractivity contribution in [1.29, 1.82) is 0 Å².